The number of piperidine rings is 1. The van der Waals surface area contributed by atoms with E-state index in [-0.39, 0.29) is 37.2 Å². The summed E-state index contributed by atoms with van der Waals surface area (Å²) in [6, 6.07) is 4.53. The third-order valence-corrected chi connectivity index (χ3v) is 2.76. The van der Waals surface area contributed by atoms with Crippen LogP contribution >= 0.6 is 37.2 Å². The van der Waals surface area contributed by atoms with E-state index in [1.165, 1.54) is 5.56 Å². The smallest absolute Gasteiger partial charge is 0.0312 e. The highest BCUT2D eigenvalue weighted by molar-refractivity contribution is 5.86. The third kappa shape index (κ3) is 6.43. The largest absolute Gasteiger partial charge is 0.328 e. The molecule has 17 heavy (non-hydrogen) atoms. The predicted octanol–water partition coefficient (Wildman–Crippen LogP) is 2.27. The average Bonchev–Trinajstić information content (AvgIpc) is 2.23. The molecular weight excluding hydrogens is 281 g/mol. The van der Waals surface area contributed by atoms with Crippen molar-refractivity contribution in [1.29, 1.82) is 0 Å². The van der Waals surface area contributed by atoms with E-state index < -0.39 is 0 Å². The van der Waals surface area contributed by atoms with E-state index in [9.17, 15) is 0 Å². The fourth-order valence-corrected chi connectivity index (χ4v) is 1.86. The molecule has 1 aromatic heterocycles. The maximum atomic E-state index is 5.85. The molecule has 0 saturated carbocycles. The summed E-state index contributed by atoms with van der Waals surface area (Å²) < 4.78 is 0. The summed E-state index contributed by atoms with van der Waals surface area (Å²) in [5.41, 5.74) is 7.15. The summed E-state index contributed by atoms with van der Waals surface area (Å²) in [7, 11) is 0. The van der Waals surface area contributed by atoms with Gasteiger partial charge in [-0.2, -0.15) is 0 Å². The van der Waals surface area contributed by atoms with Crippen LogP contribution in [-0.2, 0) is 6.54 Å². The van der Waals surface area contributed by atoms with E-state index in [1.807, 2.05) is 18.5 Å². The molecule has 100 valence electrons. The Morgan fingerprint density at radius 1 is 1.24 bits per heavy atom. The number of pyridine rings is 1. The second kappa shape index (κ2) is 9.92. The van der Waals surface area contributed by atoms with Crippen LogP contribution in [0.3, 0.4) is 0 Å². The van der Waals surface area contributed by atoms with Crippen LogP contribution in [0.1, 0.15) is 18.4 Å². The number of hydrogen-bond acceptors (Lipinski definition) is 3. The van der Waals surface area contributed by atoms with Crippen LogP contribution in [0.5, 0.6) is 0 Å². The van der Waals surface area contributed by atoms with Crippen molar-refractivity contribution in [3.8, 4) is 0 Å². The average molecular weight is 301 g/mol. The van der Waals surface area contributed by atoms with Crippen LogP contribution in [0.25, 0.3) is 0 Å². The Morgan fingerprint density at radius 3 is 2.41 bits per heavy atom. The maximum absolute atomic E-state index is 5.85. The second-order valence-corrected chi connectivity index (χ2v) is 3.97. The zero-order valence-corrected chi connectivity index (χ0v) is 12.1. The van der Waals surface area contributed by atoms with Crippen molar-refractivity contribution in [3.63, 3.8) is 0 Å². The van der Waals surface area contributed by atoms with E-state index >= 15 is 0 Å². The Labute approximate surface area is 121 Å². The maximum Gasteiger partial charge on any atom is 0.0312 e. The van der Waals surface area contributed by atoms with Gasteiger partial charge in [-0.25, -0.2) is 0 Å². The van der Waals surface area contributed by atoms with Gasteiger partial charge in [0.1, 0.15) is 0 Å². The van der Waals surface area contributed by atoms with Crippen LogP contribution in [0, 0.1) is 0 Å². The van der Waals surface area contributed by atoms with E-state index in [0.717, 1.165) is 32.5 Å². The molecule has 0 unspecified atom stereocenters. The van der Waals surface area contributed by atoms with Crippen molar-refractivity contribution < 1.29 is 0 Å². The zero-order chi connectivity index (χ0) is 9.80. The molecule has 3 nitrogen and oxygen atoms in total. The minimum Gasteiger partial charge on any atom is -0.328 e. The number of aromatic nitrogens is 1. The summed E-state index contributed by atoms with van der Waals surface area (Å²) in [5.74, 6) is 0. The van der Waals surface area contributed by atoms with Gasteiger partial charge in [-0.05, 0) is 37.6 Å². The van der Waals surface area contributed by atoms with E-state index in [2.05, 4.69) is 16.0 Å². The van der Waals surface area contributed by atoms with Gasteiger partial charge in [-0.1, -0.05) is 6.07 Å². The number of hydrogen-bond donors (Lipinski definition) is 1. The molecule has 0 amide bonds. The summed E-state index contributed by atoms with van der Waals surface area (Å²) in [4.78, 5) is 6.56. The van der Waals surface area contributed by atoms with E-state index in [0.29, 0.717) is 6.04 Å². The molecule has 2 rings (SSSR count). The van der Waals surface area contributed by atoms with Gasteiger partial charge < -0.3 is 5.73 Å². The highest BCUT2D eigenvalue weighted by Gasteiger charge is 2.15. The van der Waals surface area contributed by atoms with Crippen molar-refractivity contribution in [2.45, 2.75) is 25.4 Å². The van der Waals surface area contributed by atoms with Crippen LogP contribution in [0.4, 0.5) is 0 Å². The van der Waals surface area contributed by atoms with Crippen LogP contribution < -0.4 is 5.73 Å². The molecule has 2 N–H and O–H groups in total. The highest BCUT2D eigenvalue weighted by atomic mass is 35.5. The van der Waals surface area contributed by atoms with Crippen LogP contribution in [0.2, 0.25) is 0 Å². The lowest BCUT2D eigenvalue weighted by Crippen LogP contribution is -2.39. The molecule has 0 spiro atoms. The number of halogens is 3. The molecule has 0 bridgehead atoms. The third-order valence-electron chi connectivity index (χ3n) is 2.76. The molecule has 6 heteroatoms. The van der Waals surface area contributed by atoms with Crippen molar-refractivity contribution in [3.05, 3.63) is 30.1 Å². The number of rotatable bonds is 2. The SMILES string of the molecule is Cl.Cl.Cl.NC1CCN(Cc2cccnc2)CC1. The molecule has 1 aliphatic rings. The monoisotopic (exact) mass is 299 g/mol. The Bertz CT molecular complexity index is 277. The van der Waals surface area contributed by atoms with Crippen LogP contribution in [0.15, 0.2) is 24.5 Å². The summed E-state index contributed by atoms with van der Waals surface area (Å²) in [6.45, 7) is 3.26. The highest BCUT2D eigenvalue weighted by Crippen LogP contribution is 2.11. The lowest BCUT2D eigenvalue weighted by molar-refractivity contribution is 0.205. The van der Waals surface area contributed by atoms with Crippen molar-refractivity contribution in [2.24, 2.45) is 5.73 Å². The summed E-state index contributed by atoms with van der Waals surface area (Å²) in [5, 5.41) is 0. The number of nitrogens with zero attached hydrogens (tertiary/aromatic N) is 2. The molecule has 0 aliphatic carbocycles. The van der Waals surface area contributed by atoms with Gasteiger partial charge >= 0.3 is 0 Å². The Balaban J connectivity index is 0. The molecule has 1 aromatic rings. The normalized spacial score (nSPS) is 16.3. The first kappa shape index (κ1) is 19.3. The van der Waals surface area contributed by atoms with Gasteiger partial charge in [0.25, 0.3) is 0 Å². The molecule has 2 heterocycles. The summed E-state index contributed by atoms with van der Waals surface area (Å²) >= 11 is 0. The van der Waals surface area contributed by atoms with Gasteiger partial charge in [-0.15, -0.1) is 37.2 Å². The molecule has 0 aromatic carbocycles. The van der Waals surface area contributed by atoms with Crippen LogP contribution in [-0.4, -0.2) is 29.0 Å². The van der Waals surface area contributed by atoms with Crippen molar-refractivity contribution in [1.82, 2.24) is 9.88 Å². The number of nitrogens with two attached hydrogens (primary N) is 1. The minimum absolute atomic E-state index is 0. The van der Waals surface area contributed by atoms with Crippen molar-refractivity contribution >= 4 is 37.2 Å². The molecule has 1 aliphatic heterocycles. The molecule has 1 fully saturated rings. The minimum atomic E-state index is 0. The first-order valence-electron chi connectivity index (χ1n) is 5.21. The number of likely N-dealkylation sites (tertiary alicyclic amines) is 1. The molecule has 0 atom stereocenters. The predicted molar refractivity (Wildman–Crippen MR) is 78.5 cm³/mol. The zero-order valence-electron chi connectivity index (χ0n) is 9.62. The fourth-order valence-electron chi connectivity index (χ4n) is 1.86. The first-order valence-corrected chi connectivity index (χ1v) is 5.21. The Kier molecular flexibility index (Phi) is 11.3. The topological polar surface area (TPSA) is 42.1 Å². The van der Waals surface area contributed by atoms with E-state index in [4.69, 9.17) is 5.73 Å². The van der Waals surface area contributed by atoms with Gasteiger partial charge in [0.05, 0.1) is 0 Å². The fraction of sp³-hybridized carbons (Fsp3) is 0.545. The second-order valence-electron chi connectivity index (χ2n) is 3.97. The quantitative estimate of drug-likeness (QED) is 0.911. The molecule has 0 radical (unpaired) electrons. The van der Waals surface area contributed by atoms with Gasteiger partial charge in [0.2, 0.25) is 0 Å². The van der Waals surface area contributed by atoms with Gasteiger partial charge in [0.15, 0.2) is 0 Å². The molecular formula is C11H20Cl3N3. The Morgan fingerprint density at radius 2 is 1.88 bits per heavy atom. The lowest BCUT2D eigenvalue weighted by Gasteiger charge is -2.29. The lowest BCUT2D eigenvalue weighted by atomic mass is 10.1. The van der Waals surface area contributed by atoms with E-state index in [1.54, 1.807) is 0 Å². The summed E-state index contributed by atoms with van der Waals surface area (Å²) in [6.07, 6.45) is 6.00. The van der Waals surface area contributed by atoms with Gasteiger partial charge in [-0.3, -0.25) is 9.88 Å². The van der Waals surface area contributed by atoms with Gasteiger partial charge in [0, 0.05) is 25.0 Å². The Hall–Kier alpha value is -0.0600. The standard InChI is InChI=1S/C11H17N3.3ClH/c12-11-3-6-14(7-4-11)9-10-2-1-5-13-8-10;;;/h1-2,5,8,11H,3-4,6-7,9,12H2;3*1H. The molecule has 1 saturated heterocycles. The first-order chi connectivity index (χ1) is 6.84. The van der Waals surface area contributed by atoms with Crippen molar-refractivity contribution in [2.75, 3.05) is 13.1 Å².